The predicted molar refractivity (Wildman–Crippen MR) is 127 cm³/mol. The Bertz CT molecular complexity index is 1120. The fourth-order valence-corrected chi connectivity index (χ4v) is 4.06. The highest BCUT2D eigenvalue weighted by Gasteiger charge is 2.29. The van der Waals surface area contributed by atoms with Crippen LogP contribution in [0.5, 0.6) is 0 Å². The molecule has 0 unspecified atom stereocenters. The zero-order valence-corrected chi connectivity index (χ0v) is 19.4. The van der Waals surface area contributed by atoms with E-state index >= 15 is 0 Å². The summed E-state index contributed by atoms with van der Waals surface area (Å²) in [6.07, 6.45) is 2.19. The van der Waals surface area contributed by atoms with Crippen LogP contribution in [0.4, 0.5) is 5.69 Å². The topological polar surface area (TPSA) is 88.3 Å². The molecule has 0 spiro atoms. The molecule has 1 atom stereocenters. The molecular weight excluding hydrogens is 416 g/mol. The predicted octanol–water partition coefficient (Wildman–Crippen LogP) is 5.23. The molecule has 33 heavy (non-hydrogen) atoms. The number of rotatable bonds is 6. The number of hydrogen-bond donors (Lipinski definition) is 1. The van der Waals surface area contributed by atoms with Crippen molar-refractivity contribution in [3.8, 4) is 11.4 Å². The molecule has 4 rings (SSSR count). The first-order valence-corrected chi connectivity index (χ1v) is 11.6. The van der Waals surface area contributed by atoms with Crippen molar-refractivity contribution in [2.75, 3.05) is 18.4 Å². The molecule has 0 bridgehead atoms. The van der Waals surface area contributed by atoms with Gasteiger partial charge in [0.05, 0.1) is 5.92 Å². The third-order valence-electron chi connectivity index (χ3n) is 6.05. The Labute approximate surface area is 194 Å². The zero-order chi connectivity index (χ0) is 23.4. The molecule has 1 aliphatic rings. The van der Waals surface area contributed by atoms with Crippen LogP contribution in [0.25, 0.3) is 11.4 Å². The highest BCUT2D eigenvalue weighted by atomic mass is 16.5. The van der Waals surface area contributed by atoms with E-state index in [2.05, 4.69) is 29.3 Å². The fourth-order valence-electron chi connectivity index (χ4n) is 4.06. The molecule has 0 saturated carbocycles. The smallest absolute Gasteiger partial charge is 0.253 e. The van der Waals surface area contributed by atoms with Crippen molar-refractivity contribution in [3.05, 3.63) is 65.5 Å². The van der Waals surface area contributed by atoms with Crippen molar-refractivity contribution in [1.29, 1.82) is 0 Å². The number of aromatic nitrogens is 2. The number of nitrogens with zero attached hydrogens (tertiary/aromatic N) is 3. The lowest BCUT2D eigenvalue weighted by Crippen LogP contribution is -2.39. The van der Waals surface area contributed by atoms with Gasteiger partial charge in [-0.1, -0.05) is 50.2 Å². The van der Waals surface area contributed by atoms with Gasteiger partial charge < -0.3 is 14.7 Å². The highest BCUT2D eigenvalue weighted by Crippen LogP contribution is 2.29. The SMILES string of the molecule is CCC(=O)Nc1cccc(-c2noc([C@H]3CCCN(C(=O)c4ccc(C(C)C)cc4)C3)n2)c1. The number of anilines is 1. The molecule has 1 saturated heterocycles. The van der Waals surface area contributed by atoms with Crippen LogP contribution in [0, 0.1) is 0 Å². The molecule has 172 valence electrons. The Morgan fingerprint density at radius 3 is 2.70 bits per heavy atom. The monoisotopic (exact) mass is 446 g/mol. The molecule has 0 radical (unpaired) electrons. The Balaban J connectivity index is 1.46. The number of benzene rings is 2. The second-order valence-corrected chi connectivity index (χ2v) is 8.81. The van der Waals surface area contributed by atoms with Crippen molar-refractivity contribution in [2.45, 2.75) is 51.9 Å². The summed E-state index contributed by atoms with van der Waals surface area (Å²) in [5, 5.41) is 7.00. The third-order valence-corrected chi connectivity index (χ3v) is 6.05. The van der Waals surface area contributed by atoms with Crippen molar-refractivity contribution in [3.63, 3.8) is 0 Å². The number of piperidine rings is 1. The number of carbonyl (C=O) groups excluding carboxylic acids is 2. The van der Waals surface area contributed by atoms with Gasteiger partial charge in [0, 0.05) is 36.3 Å². The number of hydrogen-bond acceptors (Lipinski definition) is 5. The van der Waals surface area contributed by atoms with Crippen molar-refractivity contribution >= 4 is 17.5 Å². The first-order valence-electron chi connectivity index (χ1n) is 11.6. The average Bonchev–Trinajstić information content (AvgIpc) is 3.34. The van der Waals surface area contributed by atoms with Crippen molar-refractivity contribution in [2.24, 2.45) is 0 Å². The van der Waals surface area contributed by atoms with E-state index in [0.717, 1.165) is 24.9 Å². The van der Waals surface area contributed by atoms with E-state index in [4.69, 9.17) is 4.52 Å². The number of carbonyl (C=O) groups is 2. The standard InChI is InChI=1S/C26H30N4O3/c1-4-23(31)27-22-9-5-7-20(15-22)24-28-25(33-29-24)21-8-6-14-30(16-21)26(32)19-12-10-18(11-13-19)17(2)3/h5,7,9-13,15,17,21H,4,6,8,14,16H2,1-3H3,(H,27,31)/t21-/m0/s1. The summed E-state index contributed by atoms with van der Waals surface area (Å²) in [5.41, 5.74) is 3.40. The number of nitrogens with one attached hydrogen (secondary N) is 1. The quantitative estimate of drug-likeness (QED) is 0.560. The van der Waals surface area contributed by atoms with E-state index in [0.29, 0.717) is 41.8 Å². The second kappa shape index (κ2) is 9.98. The summed E-state index contributed by atoms with van der Waals surface area (Å²) < 4.78 is 5.59. The summed E-state index contributed by atoms with van der Waals surface area (Å²) in [7, 11) is 0. The Morgan fingerprint density at radius 2 is 1.97 bits per heavy atom. The summed E-state index contributed by atoms with van der Waals surface area (Å²) in [6, 6.07) is 15.3. The maximum Gasteiger partial charge on any atom is 0.253 e. The molecule has 1 aromatic heterocycles. The number of likely N-dealkylation sites (tertiary alicyclic amines) is 1. The maximum atomic E-state index is 13.1. The largest absolute Gasteiger partial charge is 0.339 e. The first kappa shape index (κ1) is 22.7. The molecule has 0 aliphatic carbocycles. The minimum absolute atomic E-state index is 0.00173. The molecule has 1 fully saturated rings. The molecule has 7 heteroatoms. The molecule has 3 aromatic rings. The van der Waals surface area contributed by atoms with Crippen molar-refractivity contribution in [1.82, 2.24) is 15.0 Å². The Morgan fingerprint density at radius 1 is 1.18 bits per heavy atom. The van der Waals surface area contributed by atoms with Gasteiger partial charge in [-0.05, 0) is 48.6 Å². The molecule has 1 N–H and O–H groups in total. The van der Waals surface area contributed by atoms with Gasteiger partial charge in [-0.15, -0.1) is 0 Å². The summed E-state index contributed by atoms with van der Waals surface area (Å²) >= 11 is 0. The van der Waals surface area contributed by atoms with Gasteiger partial charge in [0.25, 0.3) is 5.91 Å². The zero-order valence-electron chi connectivity index (χ0n) is 19.4. The van der Waals surface area contributed by atoms with E-state index in [1.54, 1.807) is 0 Å². The van der Waals surface area contributed by atoms with Gasteiger partial charge in [0.15, 0.2) is 0 Å². The van der Waals surface area contributed by atoms with Crippen LogP contribution in [0.1, 0.15) is 73.7 Å². The highest BCUT2D eigenvalue weighted by molar-refractivity contribution is 5.94. The van der Waals surface area contributed by atoms with E-state index < -0.39 is 0 Å². The normalized spacial score (nSPS) is 16.1. The molecular formula is C26H30N4O3. The van der Waals surface area contributed by atoms with Gasteiger partial charge in [-0.2, -0.15) is 4.98 Å². The minimum atomic E-state index is -0.0493. The van der Waals surface area contributed by atoms with Crippen LogP contribution < -0.4 is 5.32 Å². The van der Waals surface area contributed by atoms with Crippen LogP contribution in [0.15, 0.2) is 53.1 Å². The van der Waals surface area contributed by atoms with Crippen LogP contribution >= 0.6 is 0 Å². The molecule has 2 amide bonds. The average molecular weight is 447 g/mol. The lowest BCUT2D eigenvalue weighted by atomic mass is 9.96. The van der Waals surface area contributed by atoms with Crippen LogP contribution in [-0.2, 0) is 4.79 Å². The van der Waals surface area contributed by atoms with E-state index in [1.165, 1.54) is 5.56 Å². The first-order chi connectivity index (χ1) is 15.9. The van der Waals surface area contributed by atoms with Gasteiger partial charge in [0.2, 0.25) is 17.6 Å². The van der Waals surface area contributed by atoms with Crippen molar-refractivity contribution < 1.29 is 14.1 Å². The maximum absolute atomic E-state index is 13.1. The summed E-state index contributed by atoms with van der Waals surface area (Å²) in [4.78, 5) is 31.2. The van der Waals surface area contributed by atoms with Crippen LogP contribution in [0.3, 0.4) is 0 Å². The molecule has 1 aliphatic heterocycles. The molecule has 7 nitrogen and oxygen atoms in total. The molecule has 2 heterocycles. The second-order valence-electron chi connectivity index (χ2n) is 8.81. The Kier molecular flexibility index (Phi) is 6.87. The third kappa shape index (κ3) is 5.30. The van der Waals surface area contributed by atoms with E-state index in [1.807, 2.05) is 60.4 Å². The summed E-state index contributed by atoms with van der Waals surface area (Å²) in [5.74, 6) is 1.44. The molecule has 2 aromatic carbocycles. The Hall–Kier alpha value is -3.48. The van der Waals surface area contributed by atoms with Gasteiger partial charge in [0.1, 0.15) is 0 Å². The number of amides is 2. The minimum Gasteiger partial charge on any atom is -0.339 e. The summed E-state index contributed by atoms with van der Waals surface area (Å²) in [6.45, 7) is 7.37. The fraction of sp³-hybridized carbons (Fsp3) is 0.385. The van der Waals surface area contributed by atoms with Crippen LogP contribution in [0.2, 0.25) is 0 Å². The van der Waals surface area contributed by atoms with Gasteiger partial charge in [-0.25, -0.2) is 0 Å². The van der Waals surface area contributed by atoms with Crippen LogP contribution in [-0.4, -0.2) is 39.9 Å². The van der Waals surface area contributed by atoms with Gasteiger partial charge >= 0.3 is 0 Å². The van der Waals surface area contributed by atoms with E-state index in [9.17, 15) is 9.59 Å². The van der Waals surface area contributed by atoms with E-state index in [-0.39, 0.29) is 17.7 Å². The van der Waals surface area contributed by atoms with Gasteiger partial charge in [-0.3, -0.25) is 9.59 Å². The lowest BCUT2D eigenvalue weighted by Gasteiger charge is -2.31. The lowest BCUT2D eigenvalue weighted by molar-refractivity contribution is -0.115.